The van der Waals surface area contributed by atoms with E-state index in [4.69, 9.17) is 15.6 Å². The first-order valence-electron chi connectivity index (χ1n) is 8.99. The molecule has 1 aliphatic heterocycles. The summed E-state index contributed by atoms with van der Waals surface area (Å²) in [6, 6.07) is 12.4. The second kappa shape index (κ2) is 7.28. The van der Waals surface area contributed by atoms with Gasteiger partial charge in [0.25, 0.3) is 0 Å². The maximum Gasteiger partial charge on any atom is 0.130 e. The van der Waals surface area contributed by atoms with Crippen LogP contribution in [-0.2, 0) is 16.6 Å². The average molecular weight is 338 g/mol. The zero-order valence-electron chi connectivity index (χ0n) is 15.0. The number of para-hydroxylation sites is 1. The predicted octanol–water partition coefficient (Wildman–Crippen LogP) is 3.61. The number of hydrogen-bond acceptors (Lipinski definition) is 4. The summed E-state index contributed by atoms with van der Waals surface area (Å²) >= 11 is 0. The van der Waals surface area contributed by atoms with Gasteiger partial charge in [-0.1, -0.05) is 32.0 Å². The van der Waals surface area contributed by atoms with Crippen LogP contribution in [0.2, 0.25) is 0 Å². The molecule has 2 aromatic rings. The Bertz CT molecular complexity index is 752. The number of aromatic nitrogens is 2. The van der Waals surface area contributed by atoms with Gasteiger partial charge in [-0.05, 0) is 43.7 Å². The van der Waals surface area contributed by atoms with Crippen molar-refractivity contribution >= 4 is 5.82 Å². The van der Waals surface area contributed by atoms with Gasteiger partial charge in [-0.3, -0.25) is 0 Å². The fourth-order valence-corrected chi connectivity index (χ4v) is 3.41. The van der Waals surface area contributed by atoms with Gasteiger partial charge in [0.15, 0.2) is 0 Å². The maximum absolute atomic E-state index is 9.97. The number of rotatable bonds is 5. The Hall–Kier alpha value is -2.32. The number of ether oxygens (including phenoxy) is 1. The lowest BCUT2D eigenvalue weighted by Gasteiger charge is -2.30. The lowest BCUT2D eigenvalue weighted by atomic mass is 9.76. The zero-order valence-corrected chi connectivity index (χ0v) is 15.0. The van der Waals surface area contributed by atoms with Gasteiger partial charge in [-0.15, -0.1) is 0 Å². The molecule has 0 unspecified atom stereocenters. The molecule has 1 aromatic heterocycles. The zero-order chi connectivity index (χ0) is 17.9. The second-order valence-electron chi connectivity index (χ2n) is 7.20. The van der Waals surface area contributed by atoms with E-state index in [0.29, 0.717) is 37.8 Å². The Morgan fingerprint density at radius 1 is 1.28 bits per heavy atom. The number of hydrogen-bond donors (Lipinski definition) is 1. The molecule has 0 atom stereocenters. The highest BCUT2D eigenvalue weighted by molar-refractivity contribution is 5.53. The van der Waals surface area contributed by atoms with Crippen LogP contribution in [0.15, 0.2) is 30.3 Å². The number of nitrogens with zero attached hydrogens (tertiary/aromatic N) is 3. The summed E-state index contributed by atoms with van der Waals surface area (Å²) in [6.45, 7) is 5.59. The van der Waals surface area contributed by atoms with Crippen LogP contribution in [0.5, 0.6) is 0 Å². The molecular formula is C20H26N4O. The third-order valence-corrected chi connectivity index (χ3v) is 5.01. The van der Waals surface area contributed by atoms with Crippen molar-refractivity contribution in [3.05, 3.63) is 41.6 Å². The van der Waals surface area contributed by atoms with Crippen LogP contribution in [0.3, 0.4) is 0 Å². The Morgan fingerprint density at radius 3 is 2.56 bits per heavy atom. The van der Waals surface area contributed by atoms with Crippen molar-refractivity contribution < 1.29 is 4.74 Å². The molecule has 1 saturated heterocycles. The third kappa shape index (κ3) is 3.40. The van der Waals surface area contributed by atoms with Crippen molar-refractivity contribution in [1.29, 1.82) is 5.26 Å². The molecular weight excluding hydrogens is 312 g/mol. The number of nitrogen functional groups attached to an aromatic ring is 1. The highest BCUT2D eigenvalue weighted by Crippen LogP contribution is 2.38. The van der Waals surface area contributed by atoms with Crippen LogP contribution < -0.4 is 5.73 Å². The summed E-state index contributed by atoms with van der Waals surface area (Å²) < 4.78 is 7.28. The molecule has 0 radical (unpaired) electrons. The molecule has 1 aromatic carbocycles. The molecule has 1 fully saturated rings. The predicted molar refractivity (Wildman–Crippen MR) is 98.5 cm³/mol. The van der Waals surface area contributed by atoms with E-state index in [1.54, 1.807) is 4.68 Å². The molecule has 25 heavy (non-hydrogen) atoms. The SMILES string of the molecule is CC(C)CCc1c(C2(C#N)CCOCC2)nn(-c2ccccc2)c1N. The monoisotopic (exact) mass is 338 g/mol. The quantitative estimate of drug-likeness (QED) is 0.903. The highest BCUT2D eigenvalue weighted by atomic mass is 16.5. The third-order valence-electron chi connectivity index (χ3n) is 5.01. The molecule has 132 valence electrons. The Kier molecular flexibility index (Phi) is 5.10. The Balaban J connectivity index is 2.10. The maximum atomic E-state index is 9.97. The molecule has 0 saturated carbocycles. The van der Waals surface area contributed by atoms with Crippen LogP contribution in [0, 0.1) is 17.2 Å². The summed E-state index contributed by atoms with van der Waals surface area (Å²) in [7, 11) is 0. The number of anilines is 1. The van der Waals surface area contributed by atoms with Crippen LogP contribution in [0.25, 0.3) is 5.69 Å². The van der Waals surface area contributed by atoms with Gasteiger partial charge in [0, 0.05) is 18.8 Å². The number of benzene rings is 1. The summed E-state index contributed by atoms with van der Waals surface area (Å²) in [5.74, 6) is 1.23. The number of nitriles is 1. The highest BCUT2D eigenvalue weighted by Gasteiger charge is 2.40. The summed E-state index contributed by atoms with van der Waals surface area (Å²) in [5.41, 5.74) is 8.71. The van der Waals surface area contributed by atoms with E-state index in [0.717, 1.165) is 29.8 Å². The molecule has 0 bridgehead atoms. The van der Waals surface area contributed by atoms with Crippen LogP contribution >= 0.6 is 0 Å². The van der Waals surface area contributed by atoms with Crippen molar-refractivity contribution in [2.24, 2.45) is 5.92 Å². The lowest BCUT2D eigenvalue weighted by molar-refractivity contribution is 0.0660. The van der Waals surface area contributed by atoms with Crippen molar-refractivity contribution in [2.75, 3.05) is 18.9 Å². The van der Waals surface area contributed by atoms with Crippen molar-refractivity contribution in [1.82, 2.24) is 9.78 Å². The average Bonchev–Trinajstić information content (AvgIpc) is 2.98. The summed E-state index contributed by atoms with van der Waals surface area (Å²) in [6.07, 6.45) is 3.21. The van der Waals surface area contributed by atoms with Gasteiger partial charge in [-0.25, -0.2) is 4.68 Å². The Morgan fingerprint density at radius 2 is 1.96 bits per heavy atom. The lowest BCUT2D eigenvalue weighted by Crippen LogP contribution is -2.33. The van der Waals surface area contributed by atoms with Gasteiger partial charge in [-0.2, -0.15) is 10.4 Å². The second-order valence-corrected chi connectivity index (χ2v) is 7.20. The first-order chi connectivity index (χ1) is 12.1. The van der Waals surface area contributed by atoms with Gasteiger partial charge < -0.3 is 10.5 Å². The molecule has 5 nitrogen and oxygen atoms in total. The molecule has 0 aliphatic carbocycles. The summed E-state index contributed by atoms with van der Waals surface area (Å²) in [4.78, 5) is 0. The van der Waals surface area contributed by atoms with Crippen molar-refractivity contribution in [2.45, 2.75) is 44.9 Å². The fourth-order valence-electron chi connectivity index (χ4n) is 3.41. The smallest absolute Gasteiger partial charge is 0.130 e. The van der Waals surface area contributed by atoms with Gasteiger partial charge in [0.05, 0.1) is 17.5 Å². The summed E-state index contributed by atoms with van der Waals surface area (Å²) in [5, 5.41) is 14.8. The first kappa shape index (κ1) is 17.5. The standard InChI is InChI=1S/C20H26N4O/c1-15(2)8-9-17-18(20(14-21)10-12-25-13-11-20)23-24(19(17)22)16-6-4-3-5-7-16/h3-7,15H,8-13,22H2,1-2H3. The molecule has 0 amide bonds. The van der Waals surface area contributed by atoms with E-state index in [1.165, 1.54) is 0 Å². The molecule has 2 N–H and O–H groups in total. The van der Waals surface area contributed by atoms with E-state index in [2.05, 4.69) is 19.9 Å². The van der Waals surface area contributed by atoms with Crippen LogP contribution in [0.1, 0.15) is 44.4 Å². The molecule has 1 aliphatic rings. The van der Waals surface area contributed by atoms with Gasteiger partial charge in [0.1, 0.15) is 11.2 Å². The normalized spacial score (nSPS) is 16.7. The molecule has 3 rings (SSSR count). The topological polar surface area (TPSA) is 76.9 Å². The number of nitrogens with two attached hydrogens (primary N) is 1. The van der Waals surface area contributed by atoms with Gasteiger partial charge in [0.2, 0.25) is 0 Å². The molecule has 0 spiro atoms. The van der Waals surface area contributed by atoms with E-state index in [1.807, 2.05) is 30.3 Å². The Labute approximate surface area is 149 Å². The van der Waals surface area contributed by atoms with E-state index in [9.17, 15) is 5.26 Å². The van der Waals surface area contributed by atoms with Crippen LogP contribution in [-0.4, -0.2) is 23.0 Å². The minimum Gasteiger partial charge on any atom is -0.383 e. The first-order valence-corrected chi connectivity index (χ1v) is 8.99. The van der Waals surface area contributed by atoms with Gasteiger partial charge >= 0.3 is 0 Å². The van der Waals surface area contributed by atoms with Crippen molar-refractivity contribution in [3.8, 4) is 11.8 Å². The largest absolute Gasteiger partial charge is 0.383 e. The molecule has 5 heteroatoms. The minimum absolute atomic E-state index is 0.569. The van der Waals surface area contributed by atoms with E-state index >= 15 is 0 Å². The minimum atomic E-state index is -0.598. The van der Waals surface area contributed by atoms with Crippen LogP contribution in [0.4, 0.5) is 5.82 Å². The fraction of sp³-hybridized carbons (Fsp3) is 0.500. The molecule has 2 heterocycles. The van der Waals surface area contributed by atoms with E-state index in [-0.39, 0.29) is 0 Å². The van der Waals surface area contributed by atoms with Crippen molar-refractivity contribution in [3.63, 3.8) is 0 Å². The van der Waals surface area contributed by atoms with E-state index < -0.39 is 5.41 Å².